The molecule has 25 heavy (non-hydrogen) atoms. The van der Waals surface area contributed by atoms with Crippen LogP contribution in [0.15, 0.2) is 23.0 Å². The summed E-state index contributed by atoms with van der Waals surface area (Å²) in [6, 6.07) is 6.21. The lowest BCUT2D eigenvalue weighted by Gasteiger charge is -2.31. The fourth-order valence-corrected chi connectivity index (χ4v) is 4.02. The van der Waals surface area contributed by atoms with E-state index in [1.165, 1.54) is 10.2 Å². The van der Waals surface area contributed by atoms with Crippen molar-refractivity contribution in [2.45, 2.75) is 44.2 Å². The van der Waals surface area contributed by atoms with E-state index >= 15 is 0 Å². The Morgan fingerprint density at radius 1 is 1.12 bits per heavy atom. The fourth-order valence-electron chi connectivity index (χ4n) is 3.70. The van der Waals surface area contributed by atoms with Crippen molar-refractivity contribution in [2.75, 3.05) is 13.1 Å². The summed E-state index contributed by atoms with van der Waals surface area (Å²) in [5.41, 5.74) is 1.22. The molecule has 1 saturated carbocycles. The van der Waals surface area contributed by atoms with Gasteiger partial charge >= 0.3 is 5.69 Å². The van der Waals surface area contributed by atoms with Gasteiger partial charge in [-0.25, -0.2) is 9.48 Å². The third-order valence-corrected chi connectivity index (χ3v) is 5.98. The monoisotopic (exact) mass is 380 g/mol. The molecule has 7 heteroatoms. The molecule has 1 aliphatic carbocycles. The van der Waals surface area contributed by atoms with Gasteiger partial charge in [-0.3, -0.25) is 9.47 Å². The number of halogens is 2. The predicted molar refractivity (Wildman–Crippen MR) is 99.5 cm³/mol. The molecule has 0 bridgehead atoms. The van der Waals surface area contributed by atoms with E-state index in [1.807, 2.05) is 22.8 Å². The average molecular weight is 381 g/mol. The van der Waals surface area contributed by atoms with E-state index in [0.29, 0.717) is 22.0 Å². The Balaban J connectivity index is 1.42. The van der Waals surface area contributed by atoms with Crippen LogP contribution in [-0.4, -0.2) is 32.3 Å². The molecule has 2 aromatic rings. The number of aromatic nitrogens is 3. The number of aryl methyl sites for hydroxylation is 1. The van der Waals surface area contributed by atoms with E-state index < -0.39 is 0 Å². The zero-order valence-corrected chi connectivity index (χ0v) is 15.8. The van der Waals surface area contributed by atoms with Gasteiger partial charge in [0.15, 0.2) is 0 Å². The molecule has 0 atom stereocenters. The Labute approximate surface area is 157 Å². The predicted octanol–water partition coefficient (Wildman–Crippen LogP) is 3.60. The van der Waals surface area contributed by atoms with Gasteiger partial charge in [0.1, 0.15) is 5.82 Å². The van der Waals surface area contributed by atoms with Gasteiger partial charge in [-0.05, 0) is 56.5 Å². The Hall–Kier alpha value is -1.30. The molecule has 1 aromatic carbocycles. The van der Waals surface area contributed by atoms with Crippen LogP contribution in [0.1, 0.15) is 49.0 Å². The van der Waals surface area contributed by atoms with E-state index in [0.717, 1.165) is 51.1 Å². The molecule has 1 aliphatic heterocycles. The molecule has 1 aromatic heterocycles. The minimum absolute atomic E-state index is 0.0377. The number of hydrogen-bond acceptors (Lipinski definition) is 3. The van der Waals surface area contributed by atoms with Crippen molar-refractivity contribution in [1.29, 1.82) is 0 Å². The van der Waals surface area contributed by atoms with Crippen LogP contribution in [0, 0.1) is 0 Å². The van der Waals surface area contributed by atoms with E-state index in [1.54, 1.807) is 7.05 Å². The topological polar surface area (TPSA) is 43.1 Å². The van der Waals surface area contributed by atoms with Crippen molar-refractivity contribution in [3.63, 3.8) is 0 Å². The van der Waals surface area contributed by atoms with Gasteiger partial charge < -0.3 is 0 Å². The second-order valence-corrected chi connectivity index (χ2v) is 7.98. The summed E-state index contributed by atoms with van der Waals surface area (Å²) in [6.07, 6.45) is 4.28. The Morgan fingerprint density at radius 3 is 2.48 bits per heavy atom. The highest BCUT2D eigenvalue weighted by Gasteiger charge is 2.33. The highest BCUT2D eigenvalue weighted by atomic mass is 35.5. The van der Waals surface area contributed by atoms with E-state index in [4.69, 9.17) is 23.2 Å². The summed E-state index contributed by atoms with van der Waals surface area (Å²) < 4.78 is 3.44. The van der Waals surface area contributed by atoms with Crippen LogP contribution in [0.5, 0.6) is 0 Å². The molecule has 4 rings (SSSR count). The van der Waals surface area contributed by atoms with Crippen molar-refractivity contribution in [2.24, 2.45) is 7.05 Å². The summed E-state index contributed by atoms with van der Waals surface area (Å²) >= 11 is 12.1. The molecule has 2 aliphatic rings. The maximum Gasteiger partial charge on any atom is 0.345 e. The van der Waals surface area contributed by atoms with Crippen molar-refractivity contribution in [3.05, 3.63) is 50.1 Å². The molecule has 2 fully saturated rings. The van der Waals surface area contributed by atoms with Crippen molar-refractivity contribution in [1.82, 2.24) is 19.2 Å². The van der Waals surface area contributed by atoms with Gasteiger partial charge in [-0.15, -0.1) is 0 Å². The molecule has 1 saturated heterocycles. The Morgan fingerprint density at radius 2 is 1.84 bits per heavy atom. The van der Waals surface area contributed by atoms with Crippen LogP contribution >= 0.6 is 23.2 Å². The Bertz CT molecular complexity index is 832. The van der Waals surface area contributed by atoms with Gasteiger partial charge in [0.2, 0.25) is 0 Å². The second kappa shape index (κ2) is 6.78. The maximum absolute atomic E-state index is 12.3. The zero-order chi connectivity index (χ0) is 17.6. The number of likely N-dealkylation sites (tertiary alicyclic amines) is 1. The molecule has 0 amide bonds. The van der Waals surface area contributed by atoms with E-state index in [-0.39, 0.29) is 5.69 Å². The second-order valence-electron chi connectivity index (χ2n) is 7.16. The lowest BCUT2D eigenvalue weighted by atomic mass is 9.95. The third-order valence-electron chi connectivity index (χ3n) is 5.24. The summed E-state index contributed by atoms with van der Waals surface area (Å²) in [7, 11) is 1.75. The van der Waals surface area contributed by atoms with Gasteiger partial charge in [-0.2, -0.15) is 5.10 Å². The van der Waals surface area contributed by atoms with Crippen molar-refractivity contribution >= 4 is 23.2 Å². The van der Waals surface area contributed by atoms with Crippen LogP contribution in [0.2, 0.25) is 10.0 Å². The zero-order valence-electron chi connectivity index (χ0n) is 14.3. The first-order valence-electron chi connectivity index (χ1n) is 8.84. The number of rotatable bonds is 4. The van der Waals surface area contributed by atoms with E-state index in [2.05, 4.69) is 10.00 Å². The minimum Gasteiger partial charge on any atom is -0.299 e. The van der Waals surface area contributed by atoms with Crippen LogP contribution < -0.4 is 5.69 Å². The van der Waals surface area contributed by atoms with E-state index in [9.17, 15) is 4.79 Å². The largest absolute Gasteiger partial charge is 0.345 e. The first kappa shape index (κ1) is 17.1. The van der Waals surface area contributed by atoms with Gasteiger partial charge in [0.05, 0.1) is 10.0 Å². The SMILES string of the molecule is Cn1nc(C2CCN(Cc3ccc(Cl)c(Cl)c3)CC2)n(C2CC2)c1=O. The highest BCUT2D eigenvalue weighted by Crippen LogP contribution is 2.37. The molecule has 2 heterocycles. The molecule has 0 N–H and O–H groups in total. The number of nitrogens with zero attached hydrogens (tertiary/aromatic N) is 4. The highest BCUT2D eigenvalue weighted by molar-refractivity contribution is 6.42. The third kappa shape index (κ3) is 3.50. The number of piperidine rings is 1. The molecular weight excluding hydrogens is 359 g/mol. The summed E-state index contributed by atoms with van der Waals surface area (Å²) in [6.45, 7) is 2.88. The average Bonchev–Trinajstić information content (AvgIpc) is 3.38. The molecule has 0 spiro atoms. The first-order chi connectivity index (χ1) is 12.0. The summed E-state index contributed by atoms with van der Waals surface area (Å²) in [4.78, 5) is 14.7. The number of benzene rings is 1. The summed E-state index contributed by atoms with van der Waals surface area (Å²) in [5.74, 6) is 1.36. The maximum atomic E-state index is 12.3. The standard InChI is InChI=1S/C18H22Cl2N4O/c1-22-18(25)24(14-3-4-14)17(21-22)13-6-8-23(9-7-13)11-12-2-5-15(19)16(20)10-12/h2,5,10,13-14H,3-4,6-9,11H2,1H3. The van der Waals surface area contributed by atoms with Gasteiger partial charge in [-0.1, -0.05) is 29.3 Å². The fraction of sp³-hybridized carbons (Fsp3) is 0.556. The lowest BCUT2D eigenvalue weighted by Crippen LogP contribution is -2.33. The summed E-state index contributed by atoms with van der Waals surface area (Å²) in [5, 5.41) is 5.74. The van der Waals surface area contributed by atoms with Crippen LogP contribution in [0.3, 0.4) is 0 Å². The molecule has 0 unspecified atom stereocenters. The quantitative estimate of drug-likeness (QED) is 0.813. The van der Waals surface area contributed by atoms with Gasteiger partial charge in [0, 0.05) is 25.6 Å². The Kier molecular flexibility index (Phi) is 4.65. The lowest BCUT2D eigenvalue weighted by molar-refractivity contribution is 0.199. The molecule has 134 valence electrons. The van der Waals surface area contributed by atoms with Crippen molar-refractivity contribution in [3.8, 4) is 0 Å². The molecule has 5 nitrogen and oxygen atoms in total. The van der Waals surface area contributed by atoms with Crippen molar-refractivity contribution < 1.29 is 0 Å². The molecule has 0 radical (unpaired) electrons. The first-order valence-corrected chi connectivity index (χ1v) is 9.60. The van der Waals surface area contributed by atoms with Crippen LogP contribution in [0.4, 0.5) is 0 Å². The van der Waals surface area contributed by atoms with Crippen LogP contribution in [0.25, 0.3) is 0 Å². The minimum atomic E-state index is 0.0377. The molecular formula is C18H22Cl2N4O. The van der Waals surface area contributed by atoms with Gasteiger partial charge in [0.25, 0.3) is 0 Å². The van der Waals surface area contributed by atoms with Crippen LogP contribution in [-0.2, 0) is 13.6 Å². The normalized spacial score (nSPS) is 19.5. The smallest absolute Gasteiger partial charge is 0.299 e. The number of hydrogen-bond donors (Lipinski definition) is 0.